The molecule has 2 N–H and O–H groups in total. The first kappa shape index (κ1) is 17.3. The fourth-order valence-corrected chi connectivity index (χ4v) is 3.72. The van der Waals surface area contributed by atoms with E-state index >= 15 is 0 Å². The predicted molar refractivity (Wildman–Crippen MR) is 83.0 cm³/mol. The molecule has 0 radical (unpaired) electrons. The molecule has 0 aliphatic carbocycles. The van der Waals surface area contributed by atoms with E-state index in [1.54, 1.807) is 4.90 Å². The maximum atomic E-state index is 13.8. The number of hydrogen-bond acceptors (Lipinski definition) is 4. The van der Waals surface area contributed by atoms with Crippen LogP contribution in [0, 0.1) is 11.6 Å². The third-order valence-electron chi connectivity index (χ3n) is 4.92. The molecule has 1 aromatic rings. The molecule has 2 fully saturated rings. The number of nitrogens with zero attached hydrogens (tertiary/aromatic N) is 2. The van der Waals surface area contributed by atoms with Crippen molar-refractivity contribution < 1.29 is 23.8 Å². The minimum absolute atomic E-state index is 0.0988. The molecule has 2 aliphatic heterocycles. The molecule has 0 saturated carbocycles. The van der Waals surface area contributed by atoms with E-state index in [9.17, 15) is 23.8 Å². The molecule has 7 heteroatoms. The van der Waals surface area contributed by atoms with Gasteiger partial charge < -0.3 is 15.1 Å². The Morgan fingerprint density at radius 2 is 2.08 bits per heavy atom. The number of piperidine rings is 1. The molecule has 24 heavy (non-hydrogen) atoms. The molecule has 0 aromatic heterocycles. The maximum Gasteiger partial charge on any atom is 0.240 e. The quantitative estimate of drug-likeness (QED) is 0.854. The molecule has 2 aliphatic rings. The van der Waals surface area contributed by atoms with Gasteiger partial charge in [0.1, 0.15) is 11.6 Å². The number of benzene rings is 1. The van der Waals surface area contributed by atoms with Crippen LogP contribution < -0.4 is 0 Å². The van der Waals surface area contributed by atoms with E-state index in [2.05, 4.69) is 0 Å². The standard InChI is InChI=1S/C17H22F2N2O3/c18-12-4-3-11(15(19)6-12)8-20-5-1-2-16(17(20)24)21-9-14(23)7-13(21)10-22/h3-4,6,13-14,16,22-23H,1-2,5,7-10H2/t13-,14-,16-/m1/s1. The number of halogens is 2. The summed E-state index contributed by atoms with van der Waals surface area (Å²) in [5.41, 5.74) is 0.283. The van der Waals surface area contributed by atoms with Gasteiger partial charge in [0.05, 0.1) is 18.8 Å². The lowest BCUT2D eigenvalue weighted by molar-refractivity contribution is -0.141. The second-order valence-electron chi connectivity index (χ2n) is 6.58. The van der Waals surface area contributed by atoms with Crippen molar-refractivity contribution in [1.29, 1.82) is 0 Å². The molecule has 2 saturated heterocycles. The molecule has 2 heterocycles. The van der Waals surface area contributed by atoms with E-state index in [0.717, 1.165) is 12.5 Å². The topological polar surface area (TPSA) is 64.0 Å². The van der Waals surface area contributed by atoms with Crippen molar-refractivity contribution in [2.24, 2.45) is 0 Å². The van der Waals surface area contributed by atoms with Crippen LogP contribution in [-0.4, -0.2) is 63.8 Å². The number of hydrogen-bond donors (Lipinski definition) is 2. The zero-order valence-electron chi connectivity index (χ0n) is 13.4. The van der Waals surface area contributed by atoms with E-state index in [1.165, 1.54) is 12.1 Å². The smallest absolute Gasteiger partial charge is 0.240 e. The van der Waals surface area contributed by atoms with Gasteiger partial charge in [-0.2, -0.15) is 0 Å². The molecule has 1 aromatic carbocycles. The molecule has 1 amide bonds. The number of carbonyl (C=O) groups excluding carboxylic acids is 1. The molecule has 132 valence electrons. The number of β-amino-alcohol motifs (C(OH)–C–C–N with tert-alkyl or cyclic N) is 1. The Bertz CT molecular complexity index is 613. The highest BCUT2D eigenvalue weighted by molar-refractivity contribution is 5.82. The van der Waals surface area contributed by atoms with Crippen molar-refractivity contribution in [1.82, 2.24) is 9.80 Å². The first-order valence-corrected chi connectivity index (χ1v) is 8.27. The van der Waals surface area contributed by atoms with Gasteiger partial charge in [-0.3, -0.25) is 9.69 Å². The van der Waals surface area contributed by atoms with E-state index in [4.69, 9.17) is 0 Å². The highest BCUT2D eigenvalue weighted by Gasteiger charge is 2.41. The van der Waals surface area contributed by atoms with Gasteiger partial charge in [-0.1, -0.05) is 6.07 Å². The average molecular weight is 340 g/mol. The number of amides is 1. The van der Waals surface area contributed by atoms with Crippen LogP contribution in [0.15, 0.2) is 18.2 Å². The third kappa shape index (κ3) is 3.43. The largest absolute Gasteiger partial charge is 0.395 e. The summed E-state index contributed by atoms with van der Waals surface area (Å²) in [6.45, 7) is 0.877. The summed E-state index contributed by atoms with van der Waals surface area (Å²) in [5.74, 6) is -1.43. The molecule has 0 bridgehead atoms. The zero-order valence-corrected chi connectivity index (χ0v) is 13.4. The summed E-state index contributed by atoms with van der Waals surface area (Å²) in [7, 11) is 0. The van der Waals surface area contributed by atoms with Gasteiger partial charge in [-0.05, 0) is 25.3 Å². The van der Waals surface area contributed by atoms with Gasteiger partial charge >= 0.3 is 0 Å². The van der Waals surface area contributed by atoms with Crippen LogP contribution in [0.4, 0.5) is 8.78 Å². The van der Waals surface area contributed by atoms with Gasteiger partial charge in [0.15, 0.2) is 0 Å². The molecule has 0 unspecified atom stereocenters. The van der Waals surface area contributed by atoms with Crippen LogP contribution in [0.1, 0.15) is 24.8 Å². The van der Waals surface area contributed by atoms with Crippen molar-refractivity contribution in [3.05, 3.63) is 35.4 Å². The van der Waals surface area contributed by atoms with E-state index in [0.29, 0.717) is 25.9 Å². The van der Waals surface area contributed by atoms with Crippen LogP contribution in [0.5, 0.6) is 0 Å². The van der Waals surface area contributed by atoms with Gasteiger partial charge in [-0.25, -0.2) is 8.78 Å². The van der Waals surface area contributed by atoms with Gasteiger partial charge in [0.25, 0.3) is 0 Å². The fraction of sp³-hybridized carbons (Fsp3) is 0.588. The number of aliphatic hydroxyl groups excluding tert-OH is 2. The first-order valence-electron chi connectivity index (χ1n) is 8.27. The SMILES string of the molecule is O=C1[C@H](N2C[C@H](O)C[C@@H]2CO)CCCN1Cc1ccc(F)cc1F. The van der Waals surface area contributed by atoms with Crippen LogP contribution >= 0.6 is 0 Å². The van der Waals surface area contributed by atoms with Crippen LogP contribution in [0.25, 0.3) is 0 Å². The monoisotopic (exact) mass is 340 g/mol. The van der Waals surface area contributed by atoms with Crippen LogP contribution in [-0.2, 0) is 11.3 Å². The fourth-order valence-electron chi connectivity index (χ4n) is 3.72. The second kappa shape index (κ2) is 7.13. The summed E-state index contributed by atoms with van der Waals surface area (Å²) >= 11 is 0. The normalized spacial score (nSPS) is 28.6. The lowest BCUT2D eigenvalue weighted by Crippen LogP contribution is -2.54. The molecular formula is C17H22F2N2O3. The Morgan fingerprint density at radius 3 is 2.79 bits per heavy atom. The van der Waals surface area contributed by atoms with Crippen molar-refractivity contribution in [3.8, 4) is 0 Å². The van der Waals surface area contributed by atoms with Crippen LogP contribution in [0.3, 0.4) is 0 Å². The highest BCUT2D eigenvalue weighted by atomic mass is 19.1. The van der Waals surface area contributed by atoms with E-state index in [-0.39, 0.29) is 30.7 Å². The van der Waals surface area contributed by atoms with Gasteiger partial charge in [-0.15, -0.1) is 0 Å². The van der Waals surface area contributed by atoms with Crippen molar-refractivity contribution in [2.75, 3.05) is 19.7 Å². The Balaban J connectivity index is 1.73. The highest BCUT2D eigenvalue weighted by Crippen LogP contribution is 2.27. The van der Waals surface area contributed by atoms with Crippen molar-refractivity contribution >= 4 is 5.91 Å². The molecule has 0 spiro atoms. The van der Waals surface area contributed by atoms with Gasteiger partial charge in [0, 0.05) is 37.3 Å². The Morgan fingerprint density at radius 1 is 1.29 bits per heavy atom. The van der Waals surface area contributed by atoms with Crippen LogP contribution in [0.2, 0.25) is 0 Å². The van der Waals surface area contributed by atoms with Crippen molar-refractivity contribution in [3.63, 3.8) is 0 Å². The molecule has 3 rings (SSSR count). The summed E-state index contributed by atoms with van der Waals surface area (Å²) in [4.78, 5) is 16.2. The first-order chi connectivity index (χ1) is 11.5. The van der Waals surface area contributed by atoms with Crippen molar-refractivity contribution in [2.45, 2.75) is 44.0 Å². The lowest BCUT2D eigenvalue weighted by atomic mass is 10.0. The summed E-state index contributed by atoms with van der Waals surface area (Å²) < 4.78 is 26.9. The maximum absolute atomic E-state index is 13.8. The minimum atomic E-state index is -0.658. The third-order valence-corrected chi connectivity index (χ3v) is 4.92. The zero-order chi connectivity index (χ0) is 17.3. The minimum Gasteiger partial charge on any atom is -0.395 e. The molecule has 5 nitrogen and oxygen atoms in total. The molecular weight excluding hydrogens is 318 g/mol. The summed E-state index contributed by atoms with van der Waals surface area (Å²) in [6.07, 6.45) is 1.33. The van der Waals surface area contributed by atoms with E-state index in [1.807, 2.05) is 4.90 Å². The average Bonchev–Trinajstić information content (AvgIpc) is 2.92. The molecule has 3 atom stereocenters. The Kier molecular flexibility index (Phi) is 5.12. The summed E-state index contributed by atoms with van der Waals surface area (Å²) in [6, 6.07) is 2.73. The Hall–Kier alpha value is -1.57. The van der Waals surface area contributed by atoms with Gasteiger partial charge in [0.2, 0.25) is 5.91 Å². The number of aliphatic hydroxyl groups is 2. The lowest BCUT2D eigenvalue weighted by Gasteiger charge is -2.39. The number of likely N-dealkylation sites (tertiary alicyclic amines) is 2. The summed E-state index contributed by atoms with van der Waals surface area (Å²) in [5, 5.41) is 19.3. The predicted octanol–water partition coefficient (Wildman–Crippen LogP) is 0.883. The number of rotatable bonds is 4. The number of carbonyl (C=O) groups is 1. The Labute approximate surface area is 139 Å². The second-order valence-corrected chi connectivity index (χ2v) is 6.58. The van der Waals surface area contributed by atoms with E-state index < -0.39 is 23.8 Å².